The Morgan fingerprint density at radius 1 is 1.42 bits per heavy atom. The van der Waals surface area contributed by atoms with Crippen LogP contribution in [0.25, 0.3) is 11.3 Å². The first-order chi connectivity index (χ1) is 11.5. The number of nitro groups is 1. The number of aromatic nitrogens is 1. The van der Waals surface area contributed by atoms with Crippen molar-refractivity contribution in [1.82, 2.24) is 9.88 Å². The summed E-state index contributed by atoms with van der Waals surface area (Å²) < 4.78 is 11.4. The van der Waals surface area contributed by atoms with E-state index in [-0.39, 0.29) is 11.8 Å². The molecule has 2 aromatic rings. The van der Waals surface area contributed by atoms with Gasteiger partial charge in [0, 0.05) is 43.2 Å². The zero-order valence-corrected chi connectivity index (χ0v) is 13.8. The molecule has 0 saturated carbocycles. The lowest BCUT2D eigenvalue weighted by atomic mass is 10.2. The highest BCUT2D eigenvalue weighted by atomic mass is 16.6. The van der Waals surface area contributed by atoms with Crippen LogP contribution in [0.3, 0.4) is 0 Å². The molecule has 1 aromatic carbocycles. The Morgan fingerprint density at radius 3 is 3.04 bits per heavy atom. The molecule has 1 saturated heterocycles. The van der Waals surface area contributed by atoms with Crippen LogP contribution in [0.5, 0.6) is 0 Å². The van der Waals surface area contributed by atoms with E-state index in [2.05, 4.69) is 23.7 Å². The lowest BCUT2D eigenvalue weighted by Crippen LogP contribution is -2.47. The van der Waals surface area contributed by atoms with E-state index in [9.17, 15) is 10.1 Å². The second-order valence-corrected chi connectivity index (χ2v) is 6.16. The predicted molar refractivity (Wildman–Crippen MR) is 88.7 cm³/mol. The zero-order valence-electron chi connectivity index (χ0n) is 13.8. The van der Waals surface area contributed by atoms with E-state index < -0.39 is 4.92 Å². The summed E-state index contributed by atoms with van der Waals surface area (Å²) in [5.41, 5.74) is 0.706. The molecule has 2 heterocycles. The second-order valence-electron chi connectivity index (χ2n) is 6.16. The van der Waals surface area contributed by atoms with E-state index in [1.165, 1.54) is 12.1 Å². The van der Waals surface area contributed by atoms with Crippen molar-refractivity contribution in [2.75, 3.05) is 19.7 Å². The van der Waals surface area contributed by atoms with Crippen molar-refractivity contribution >= 4 is 5.69 Å². The first kappa shape index (κ1) is 16.6. The zero-order chi connectivity index (χ0) is 17.1. The summed E-state index contributed by atoms with van der Waals surface area (Å²) in [7, 11) is 0. The summed E-state index contributed by atoms with van der Waals surface area (Å²) >= 11 is 0. The molecule has 2 atom stereocenters. The number of rotatable bonds is 5. The van der Waals surface area contributed by atoms with Crippen molar-refractivity contribution in [2.24, 2.45) is 0 Å². The molecule has 0 aliphatic carbocycles. The van der Waals surface area contributed by atoms with Crippen molar-refractivity contribution < 1.29 is 14.1 Å². The number of morpholine rings is 1. The largest absolute Gasteiger partial charge is 0.441 e. The van der Waals surface area contributed by atoms with Gasteiger partial charge in [0.15, 0.2) is 11.7 Å². The van der Waals surface area contributed by atoms with E-state index in [4.69, 9.17) is 9.15 Å². The van der Waals surface area contributed by atoms with Crippen LogP contribution in [0.2, 0.25) is 0 Å². The topological polar surface area (TPSA) is 81.6 Å². The smallest absolute Gasteiger partial charge is 0.270 e. The standard InChI is InChI=1S/C17H21N3O4/c1-12-11-23-13(2)10-19(12)7-6-17-18-9-16(24-17)14-4-3-5-15(8-14)20(21)22/h3-5,8-9,12-13H,6-7,10-11H2,1-2H3. The van der Waals surface area contributed by atoms with Crippen LogP contribution in [-0.4, -0.2) is 46.6 Å². The molecule has 7 heteroatoms. The lowest BCUT2D eigenvalue weighted by Gasteiger charge is -2.36. The van der Waals surface area contributed by atoms with E-state index in [1.807, 2.05) is 0 Å². The summed E-state index contributed by atoms with van der Waals surface area (Å²) in [4.78, 5) is 17.1. The average Bonchev–Trinajstić information content (AvgIpc) is 3.05. The van der Waals surface area contributed by atoms with Gasteiger partial charge < -0.3 is 9.15 Å². The van der Waals surface area contributed by atoms with Gasteiger partial charge in [-0.3, -0.25) is 15.0 Å². The maximum absolute atomic E-state index is 10.9. The number of nitrogens with zero attached hydrogens (tertiary/aromatic N) is 3. The van der Waals surface area contributed by atoms with Crippen molar-refractivity contribution in [1.29, 1.82) is 0 Å². The van der Waals surface area contributed by atoms with Gasteiger partial charge in [0.2, 0.25) is 0 Å². The molecule has 0 spiro atoms. The molecular weight excluding hydrogens is 310 g/mol. The van der Waals surface area contributed by atoms with E-state index in [0.29, 0.717) is 29.7 Å². The number of hydrogen-bond acceptors (Lipinski definition) is 6. The number of oxazole rings is 1. The molecule has 0 bridgehead atoms. The second kappa shape index (κ2) is 7.11. The van der Waals surface area contributed by atoms with E-state index in [1.54, 1.807) is 18.3 Å². The Labute approximate surface area is 140 Å². The molecule has 1 fully saturated rings. The highest BCUT2D eigenvalue weighted by Crippen LogP contribution is 2.24. The van der Waals surface area contributed by atoms with Crippen LogP contribution >= 0.6 is 0 Å². The van der Waals surface area contributed by atoms with E-state index in [0.717, 1.165) is 19.7 Å². The quantitative estimate of drug-likeness (QED) is 0.619. The number of non-ortho nitro benzene ring substituents is 1. The summed E-state index contributed by atoms with van der Waals surface area (Å²) in [6, 6.07) is 6.76. The normalized spacial score (nSPS) is 21.8. The van der Waals surface area contributed by atoms with Gasteiger partial charge >= 0.3 is 0 Å². The van der Waals surface area contributed by atoms with Crippen molar-refractivity contribution in [2.45, 2.75) is 32.4 Å². The molecular formula is C17H21N3O4. The fraction of sp³-hybridized carbons (Fsp3) is 0.471. The summed E-state index contributed by atoms with van der Waals surface area (Å²) in [5, 5.41) is 10.9. The molecule has 24 heavy (non-hydrogen) atoms. The molecule has 0 amide bonds. The first-order valence-corrected chi connectivity index (χ1v) is 8.08. The highest BCUT2D eigenvalue weighted by Gasteiger charge is 2.23. The SMILES string of the molecule is CC1CN(CCc2ncc(-c3cccc([N+](=O)[O-])c3)o2)C(C)CO1. The fourth-order valence-electron chi connectivity index (χ4n) is 2.85. The van der Waals surface area contributed by atoms with E-state index >= 15 is 0 Å². The summed E-state index contributed by atoms with van der Waals surface area (Å²) in [6.07, 6.45) is 2.57. The molecule has 3 rings (SSSR count). The third kappa shape index (κ3) is 3.80. The average molecular weight is 331 g/mol. The predicted octanol–water partition coefficient (Wildman–Crippen LogP) is 2.90. The Hall–Kier alpha value is -2.25. The third-order valence-electron chi connectivity index (χ3n) is 4.24. The Kier molecular flexibility index (Phi) is 4.92. The van der Waals surface area contributed by atoms with Crippen LogP contribution in [0, 0.1) is 10.1 Å². The minimum absolute atomic E-state index is 0.0431. The van der Waals surface area contributed by atoms with Gasteiger partial charge in [-0.1, -0.05) is 12.1 Å². The molecule has 0 N–H and O–H groups in total. The van der Waals surface area contributed by atoms with Gasteiger partial charge in [-0.2, -0.15) is 0 Å². The van der Waals surface area contributed by atoms with Gasteiger partial charge in [0.1, 0.15) is 0 Å². The molecule has 2 unspecified atom stereocenters. The van der Waals surface area contributed by atoms with Crippen LogP contribution in [0.1, 0.15) is 19.7 Å². The highest BCUT2D eigenvalue weighted by molar-refractivity contribution is 5.60. The monoisotopic (exact) mass is 331 g/mol. The van der Waals surface area contributed by atoms with Crippen molar-refractivity contribution in [3.05, 3.63) is 46.5 Å². The van der Waals surface area contributed by atoms with Gasteiger partial charge in [-0.15, -0.1) is 0 Å². The number of hydrogen-bond donors (Lipinski definition) is 0. The third-order valence-corrected chi connectivity index (χ3v) is 4.24. The number of ether oxygens (including phenoxy) is 1. The van der Waals surface area contributed by atoms with Crippen molar-refractivity contribution in [3.63, 3.8) is 0 Å². The lowest BCUT2D eigenvalue weighted by molar-refractivity contribution is -0.384. The maximum Gasteiger partial charge on any atom is 0.270 e. The van der Waals surface area contributed by atoms with Gasteiger partial charge in [0.25, 0.3) is 5.69 Å². The van der Waals surface area contributed by atoms with Crippen LogP contribution in [-0.2, 0) is 11.2 Å². The van der Waals surface area contributed by atoms with Crippen LogP contribution in [0.15, 0.2) is 34.9 Å². The Bertz CT molecular complexity index is 715. The van der Waals surface area contributed by atoms with Crippen molar-refractivity contribution in [3.8, 4) is 11.3 Å². The minimum atomic E-state index is -0.415. The molecule has 1 aliphatic heterocycles. The fourth-order valence-corrected chi connectivity index (χ4v) is 2.85. The van der Waals surface area contributed by atoms with Gasteiger partial charge in [-0.25, -0.2) is 4.98 Å². The van der Waals surface area contributed by atoms with Gasteiger partial charge in [-0.05, 0) is 13.8 Å². The number of benzene rings is 1. The number of nitro benzene ring substituents is 1. The minimum Gasteiger partial charge on any atom is -0.441 e. The van der Waals surface area contributed by atoms with Crippen LogP contribution in [0.4, 0.5) is 5.69 Å². The molecule has 1 aromatic heterocycles. The molecule has 0 radical (unpaired) electrons. The maximum atomic E-state index is 10.9. The van der Waals surface area contributed by atoms with Crippen LogP contribution < -0.4 is 0 Å². The summed E-state index contributed by atoms with van der Waals surface area (Å²) in [6.45, 7) is 6.72. The van der Waals surface area contributed by atoms with Gasteiger partial charge in [0.05, 0.1) is 23.8 Å². The molecule has 1 aliphatic rings. The molecule has 7 nitrogen and oxygen atoms in total. The summed E-state index contributed by atoms with van der Waals surface area (Å²) in [5.74, 6) is 1.19. The first-order valence-electron chi connectivity index (χ1n) is 8.08. The molecule has 128 valence electrons. The Balaban J connectivity index is 1.65. The Morgan fingerprint density at radius 2 is 2.25 bits per heavy atom.